The van der Waals surface area contributed by atoms with Gasteiger partial charge < -0.3 is 19.5 Å². The van der Waals surface area contributed by atoms with Gasteiger partial charge in [0.1, 0.15) is 24.4 Å². The molecular formula is C18H17N3O4S. The quantitative estimate of drug-likeness (QED) is 0.759. The van der Waals surface area contributed by atoms with Crippen molar-refractivity contribution in [2.45, 2.75) is 13.8 Å². The van der Waals surface area contributed by atoms with Crippen molar-refractivity contribution < 1.29 is 19.0 Å². The fourth-order valence-corrected chi connectivity index (χ4v) is 3.70. The first kappa shape index (κ1) is 16.6. The van der Waals surface area contributed by atoms with Gasteiger partial charge in [-0.1, -0.05) is 0 Å². The molecule has 0 fully saturated rings. The lowest BCUT2D eigenvalue weighted by Gasteiger charge is -2.19. The summed E-state index contributed by atoms with van der Waals surface area (Å²) in [5.74, 6) is 1.45. The van der Waals surface area contributed by atoms with Gasteiger partial charge in [-0.3, -0.25) is 4.79 Å². The van der Waals surface area contributed by atoms with Crippen LogP contribution in [-0.4, -0.2) is 35.7 Å². The van der Waals surface area contributed by atoms with E-state index in [2.05, 4.69) is 15.3 Å². The molecule has 8 heteroatoms. The van der Waals surface area contributed by atoms with Crippen molar-refractivity contribution in [3.8, 4) is 17.4 Å². The SMILES string of the molecule is Cc1sc2ncnc(OCC(=O)Nc3ccc4c(c3)OCCO4)c2c1C. The van der Waals surface area contributed by atoms with Gasteiger partial charge in [-0.05, 0) is 31.5 Å². The van der Waals surface area contributed by atoms with Crippen LogP contribution in [0.3, 0.4) is 0 Å². The number of aryl methyl sites for hydroxylation is 2. The van der Waals surface area contributed by atoms with Crippen LogP contribution < -0.4 is 19.5 Å². The van der Waals surface area contributed by atoms with Crippen LogP contribution in [0.1, 0.15) is 10.4 Å². The van der Waals surface area contributed by atoms with E-state index in [1.54, 1.807) is 29.5 Å². The Balaban J connectivity index is 1.45. The average Bonchev–Trinajstić information content (AvgIpc) is 2.94. The number of aromatic nitrogens is 2. The van der Waals surface area contributed by atoms with Gasteiger partial charge in [-0.15, -0.1) is 11.3 Å². The van der Waals surface area contributed by atoms with Gasteiger partial charge in [-0.25, -0.2) is 9.97 Å². The molecule has 1 aliphatic heterocycles. The molecule has 2 aromatic heterocycles. The maximum atomic E-state index is 12.2. The Morgan fingerprint density at radius 2 is 2.04 bits per heavy atom. The van der Waals surface area contributed by atoms with Crippen molar-refractivity contribution in [2.75, 3.05) is 25.1 Å². The molecule has 0 aliphatic carbocycles. The van der Waals surface area contributed by atoms with E-state index >= 15 is 0 Å². The van der Waals surface area contributed by atoms with Crippen LogP contribution in [0.25, 0.3) is 10.2 Å². The highest BCUT2D eigenvalue weighted by atomic mass is 32.1. The second-order valence-corrected chi connectivity index (χ2v) is 7.04. The second-order valence-electron chi connectivity index (χ2n) is 5.84. The number of benzene rings is 1. The van der Waals surface area contributed by atoms with Crippen LogP contribution in [-0.2, 0) is 4.79 Å². The molecule has 1 N–H and O–H groups in total. The van der Waals surface area contributed by atoms with E-state index in [0.717, 1.165) is 20.7 Å². The number of carbonyl (C=O) groups excluding carboxylic acids is 1. The number of hydrogen-bond acceptors (Lipinski definition) is 7. The molecule has 134 valence electrons. The molecule has 3 aromatic rings. The van der Waals surface area contributed by atoms with E-state index in [9.17, 15) is 4.79 Å². The first-order chi connectivity index (χ1) is 12.6. The Hall–Kier alpha value is -2.87. The molecule has 1 aromatic carbocycles. The maximum absolute atomic E-state index is 12.2. The highest BCUT2D eigenvalue weighted by Gasteiger charge is 2.15. The van der Waals surface area contributed by atoms with Crippen molar-refractivity contribution in [1.82, 2.24) is 9.97 Å². The monoisotopic (exact) mass is 371 g/mol. The zero-order valence-electron chi connectivity index (χ0n) is 14.4. The largest absolute Gasteiger partial charge is 0.486 e. The number of rotatable bonds is 4. The van der Waals surface area contributed by atoms with E-state index in [1.165, 1.54) is 6.33 Å². The Labute approximate surface area is 153 Å². The second kappa shape index (κ2) is 6.80. The summed E-state index contributed by atoms with van der Waals surface area (Å²) in [4.78, 5) is 22.7. The molecule has 4 rings (SSSR count). The van der Waals surface area contributed by atoms with Crippen LogP contribution in [0, 0.1) is 13.8 Å². The van der Waals surface area contributed by atoms with Crippen LogP contribution in [0.4, 0.5) is 5.69 Å². The van der Waals surface area contributed by atoms with Crippen molar-refractivity contribution in [1.29, 1.82) is 0 Å². The molecule has 0 radical (unpaired) electrons. The van der Waals surface area contributed by atoms with Gasteiger partial charge in [0.2, 0.25) is 5.88 Å². The third-order valence-corrected chi connectivity index (χ3v) is 5.21. The number of nitrogens with one attached hydrogen (secondary N) is 1. The van der Waals surface area contributed by atoms with Crippen LogP contribution in [0.5, 0.6) is 17.4 Å². The minimum absolute atomic E-state index is 0.144. The fourth-order valence-electron chi connectivity index (χ4n) is 2.71. The van der Waals surface area contributed by atoms with E-state index in [0.29, 0.717) is 36.3 Å². The molecule has 0 spiro atoms. The first-order valence-corrected chi connectivity index (χ1v) is 8.96. The lowest BCUT2D eigenvalue weighted by molar-refractivity contribution is -0.118. The van der Waals surface area contributed by atoms with Gasteiger partial charge in [0.25, 0.3) is 5.91 Å². The maximum Gasteiger partial charge on any atom is 0.262 e. The van der Waals surface area contributed by atoms with Gasteiger partial charge in [0.05, 0.1) is 5.39 Å². The number of thiophene rings is 1. The lowest BCUT2D eigenvalue weighted by Crippen LogP contribution is -2.21. The number of hydrogen-bond donors (Lipinski definition) is 1. The number of anilines is 1. The molecule has 26 heavy (non-hydrogen) atoms. The molecule has 7 nitrogen and oxygen atoms in total. The van der Waals surface area contributed by atoms with Crippen molar-refractivity contribution in [2.24, 2.45) is 0 Å². The first-order valence-electron chi connectivity index (χ1n) is 8.15. The molecule has 0 saturated carbocycles. The van der Waals surface area contributed by atoms with Gasteiger partial charge in [0, 0.05) is 16.6 Å². The summed E-state index contributed by atoms with van der Waals surface area (Å²) < 4.78 is 16.6. The van der Waals surface area contributed by atoms with Gasteiger partial charge >= 0.3 is 0 Å². The summed E-state index contributed by atoms with van der Waals surface area (Å²) in [6.45, 7) is 4.91. The van der Waals surface area contributed by atoms with E-state index in [4.69, 9.17) is 14.2 Å². The molecule has 1 aliphatic rings. The molecule has 1 amide bonds. The summed E-state index contributed by atoms with van der Waals surface area (Å²) in [7, 11) is 0. The number of fused-ring (bicyclic) bond motifs is 2. The summed E-state index contributed by atoms with van der Waals surface area (Å²) in [6, 6.07) is 5.28. The average molecular weight is 371 g/mol. The van der Waals surface area contributed by atoms with E-state index < -0.39 is 0 Å². The Morgan fingerprint density at radius 1 is 1.23 bits per heavy atom. The Morgan fingerprint density at radius 3 is 2.88 bits per heavy atom. The summed E-state index contributed by atoms with van der Waals surface area (Å²) in [6.07, 6.45) is 1.45. The van der Waals surface area contributed by atoms with Crippen LogP contribution in [0.2, 0.25) is 0 Å². The third-order valence-electron chi connectivity index (χ3n) is 4.10. The topological polar surface area (TPSA) is 82.6 Å². The number of amides is 1. The van der Waals surface area contributed by atoms with Gasteiger partial charge in [-0.2, -0.15) is 0 Å². The summed E-state index contributed by atoms with van der Waals surface area (Å²) in [5.41, 5.74) is 1.70. The minimum atomic E-state index is -0.280. The van der Waals surface area contributed by atoms with Crippen LogP contribution in [0.15, 0.2) is 24.5 Å². The summed E-state index contributed by atoms with van der Waals surface area (Å²) in [5, 5.41) is 3.65. The summed E-state index contributed by atoms with van der Waals surface area (Å²) >= 11 is 1.59. The third kappa shape index (κ3) is 3.15. The molecule has 0 saturated heterocycles. The number of ether oxygens (including phenoxy) is 3. The molecule has 3 heterocycles. The predicted molar refractivity (Wildman–Crippen MR) is 98.4 cm³/mol. The standard InChI is InChI=1S/C18H17N3O4S/c1-10-11(2)26-18-16(10)17(19-9-20-18)25-8-15(22)21-12-3-4-13-14(7-12)24-6-5-23-13/h3-4,7,9H,5-6,8H2,1-2H3,(H,21,22). The van der Waals surface area contributed by atoms with Crippen molar-refractivity contribution in [3.05, 3.63) is 35.0 Å². The fraction of sp³-hybridized carbons (Fsp3) is 0.278. The lowest BCUT2D eigenvalue weighted by atomic mass is 10.2. The normalized spacial score (nSPS) is 12.8. The van der Waals surface area contributed by atoms with Gasteiger partial charge in [0.15, 0.2) is 18.1 Å². The number of carbonyl (C=O) groups is 1. The Kier molecular flexibility index (Phi) is 4.34. The molecular weight excluding hydrogens is 354 g/mol. The predicted octanol–water partition coefficient (Wildman–Crippen LogP) is 3.10. The zero-order chi connectivity index (χ0) is 18.1. The highest BCUT2D eigenvalue weighted by molar-refractivity contribution is 7.18. The van der Waals surface area contributed by atoms with E-state index in [1.807, 2.05) is 13.8 Å². The minimum Gasteiger partial charge on any atom is -0.486 e. The van der Waals surface area contributed by atoms with Crippen LogP contribution >= 0.6 is 11.3 Å². The molecule has 0 bridgehead atoms. The highest BCUT2D eigenvalue weighted by Crippen LogP contribution is 2.34. The molecule has 0 atom stereocenters. The zero-order valence-corrected chi connectivity index (χ0v) is 15.2. The smallest absolute Gasteiger partial charge is 0.262 e. The number of nitrogens with zero attached hydrogens (tertiary/aromatic N) is 2. The van der Waals surface area contributed by atoms with Crippen molar-refractivity contribution >= 4 is 33.1 Å². The van der Waals surface area contributed by atoms with Crippen molar-refractivity contribution in [3.63, 3.8) is 0 Å². The van der Waals surface area contributed by atoms with E-state index in [-0.39, 0.29) is 12.5 Å². The Bertz CT molecular complexity index is 986. The molecule has 0 unspecified atom stereocenters.